The number of para-hydroxylation sites is 2. The van der Waals surface area contributed by atoms with Gasteiger partial charge in [0.05, 0.1) is 0 Å². The summed E-state index contributed by atoms with van der Waals surface area (Å²) >= 11 is 0. The standard InChI is InChI=1S/C22H19N3O2/c1-15-13-16-7-5-6-10-20(16)25(15)22(27)19-14-17(11-12-23-19)21(26)24-18-8-3-2-4-9-18/h2-12,14-15H,13H2,1H3,(H,24,26). The molecule has 1 aliphatic rings. The second-order valence-electron chi connectivity index (χ2n) is 6.61. The molecule has 1 aliphatic heterocycles. The number of pyridine rings is 1. The van der Waals surface area contributed by atoms with E-state index in [-0.39, 0.29) is 23.6 Å². The Bertz CT molecular complexity index is 1000. The summed E-state index contributed by atoms with van der Waals surface area (Å²) in [5.41, 5.74) is 3.43. The first kappa shape index (κ1) is 17.0. The summed E-state index contributed by atoms with van der Waals surface area (Å²) in [6.45, 7) is 2.02. The molecule has 0 aliphatic carbocycles. The highest BCUT2D eigenvalue weighted by Crippen LogP contribution is 2.32. The number of benzene rings is 2. The number of nitrogens with zero attached hydrogens (tertiary/aromatic N) is 2. The summed E-state index contributed by atoms with van der Waals surface area (Å²) in [7, 11) is 0. The van der Waals surface area contributed by atoms with Crippen molar-refractivity contribution in [2.75, 3.05) is 10.2 Å². The molecule has 5 heteroatoms. The number of nitrogens with one attached hydrogen (secondary N) is 1. The minimum Gasteiger partial charge on any atom is -0.322 e. The van der Waals surface area contributed by atoms with Crippen LogP contribution < -0.4 is 10.2 Å². The lowest BCUT2D eigenvalue weighted by Crippen LogP contribution is -2.36. The number of hydrogen-bond donors (Lipinski definition) is 1. The zero-order chi connectivity index (χ0) is 18.8. The Balaban J connectivity index is 1.59. The molecular weight excluding hydrogens is 338 g/mol. The van der Waals surface area contributed by atoms with Crippen LogP contribution in [0.2, 0.25) is 0 Å². The molecule has 0 saturated heterocycles. The average Bonchev–Trinajstić information content (AvgIpc) is 3.04. The SMILES string of the molecule is CC1Cc2ccccc2N1C(=O)c1cc(C(=O)Nc2ccccc2)ccn1. The van der Waals surface area contributed by atoms with Gasteiger partial charge in [-0.15, -0.1) is 0 Å². The van der Waals surface area contributed by atoms with Gasteiger partial charge >= 0.3 is 0 Å². The number of carbonyl (C=O) groups is 2. The molecule has 0 saturated carbocycles. The number of carbonyl (C=O) groups excluding carboxylic acids is 2. The zero-order valence-corrected chi connectivity index (χ0v) is 14.9. The average molecular weight is 357 g/mol. The molecule has 0 fully saturated rings. The second-order valence-corrected chi connectivity index (χ2v) is 6.61. The summed E-state index contributed by atoms with van der Waals surface area (Å²) in [6.07, 6.45) is 2.32. The number of fused-ring (bicyclic) bond motifs is 1. The van der Waals surface area contributed by atoms with Gasteiger partial charge in [0.2, 0.25) is 0 Å². The highest BCUT2D eigenvalue weighted by atomic mass is 16.2. The van der Waals surface area contributed by atoms with Crippen molar-refractivity contribution in [3.63, 3.8) is 0 Å². The van der Waals surface area contributed by atoms with E-state index in [4.69, 9.17) is 0 Å². The van der Waals surface area contributed by atoms with Crippen molar-refractivity contribution in [3.8, 4) is 0 Å². The molecule has 0 bridgehead atoms. The fourth-order valence-electron chi connectivity index (χ4n) is 3.41. The van der Waals surface area contributed by atoms with Crippen LogP contribution in [0.1, 0.15) is 33.3 Å². The highest BCUT2D eigenvalue weighted by Gasteiger charge is 2.32. The van der Waals surface area contributed by atoms with Crippen LogP contribution in [0, 0.1) is 0 Å². The van der Waals surface area contributed by atoms with E-state index in [1.807, 2.05) is 61.5 Å². The van der Waals surface area contributed by atoms with Gasteiger partial charge in [-0.05, 0) is 49.2 Å². The summed E-state index contributed by atoms with van der Waals surface area (Å²) in [4.78, 5) is 31.6. The monoisotopic (exact) mass is 357 g/mol. The van der Waals surface area contributed by atoms with Crippen molar-refractivity contribution in [1.82, 2.24) is 4.98 Å². The predicted molar refractivity (Wildman–Crippen MR) is 105 cm³/mol. The van der Waals surface area contributed by atoms with Crippen LogP contribution in [0.3, 0.4) is 0 Å². The van der Waals surface area contributed by atoms with Crippen molar-refractivity contribution in [2.45, 2.75) is 19.4 Å². The molecule has 4 rings (SSSR count). The molecule has 5 nitrogen and oxygen atoms in total. The van der Waals surface area contributed by atoms with Gasteiger partial charge in [-0.1, -0.05) is 36.4 Å². The highest BCUT2D eigenvalue weighted by molar-refractivity contribution is 6.09. The minimum atomic E-state index is -0.271. The van der Waals surface area contributed by atoms with Crippen LogP contribution in [0.15, 0.2) is 72.9 Å². The van der Waals surface area contributed by atoms with Crippen LogP contribution in [-0.4, -0.2) is 22.8 Å². The van der Waals surface area contributed by atoms with Gasteiger partial charge < -0.3 is 10.2 Å². The van der Waals surface area contributed by atoms with Crippen LogP contribution in [-0.2, 0) is 6.42 Å². The van der Waals surface area contributed by atoms with Gasteiger partial charge in [0.15, 0.2) is 0 Å². The van der Waals surface area contributed by atoms with E-state index >= 15 is 0 Å². The Morgan fingerprint density at radius 1 is 1.04 bits per heavy atom. The fraction of sp³-hybridized carbons (Fsp3) is 0.136. The largest absolute Gasteiger partial charge is 0.322 e. The van der Waals surface area contributed by atoms with Crippen molar-refractivity contribution < 1.29 is 9.59 Å². The first-order valence-corrected chi connectivity index (χ1v) is 8.87. The van der Waals surface area contributed by atoms with Gasteiger partial charge in [-0.25, -0.2) is 0 Å². The molecule has 2 aromatic carbocycles. The van der Waals surface area contributed by atoms with E-state index < -0.39 is 0 Å². The third kappa shape index (κ3) is 3.31. The Hall–Kier alpha value is -3.47. The Labute approximate surface area is 157 Å². The molecule has 134 valence electrons. The Kier molecular flexibility index (Phi) is 4.42. The van der Waals surface area contributed by atoms with Crippen molar-refractivity contribution in [3.05, 3.63) is 89.7 Å². The normalized spacial score (nSPS) is 15.3. The maximum atomic E-state index is 13.1. The van der Waals surface area contributed by atoms with E-state index in [0.717, 1.165) is 17.7 Å². The quantitative estimate of drug-likeness (QED) is 0.773. The molecule has 1 N–H and O–H groups in total. The number of aromatic nitrogens is 1. The molecule has 1 aromatic heterocycles. The van der Waals surface area contributed by atoms with Crippen LogP contribution in [0.4, 0.5) is 11.4 Å². The van der Waals surface area contributed by atoms with Crippen molar-refractivity contribution in [2.24, 2.45) is 0 Å². The van der Waals surface area contributed by atoms with E-state index in [1.54, 1.807) is 17.0 Å². The first-order chi connectivity index (χ1) is 13.1. The lowest BCUT2D eigenvalue weighted by Gasteiger charge is -2.22. The molecular formula is C22H19N3O2. The summed E-state index contributed by atoms with van der Waals surface area (Å²) in [6, 6.07) is 20.3. The summed E-state index contributed by atoms with van der Waals surface area (Å²) in [5.74, 6) is -0.464. The third-order valence-corrected chi connectivity index (χ3v) is 4.70. The second kappa shape index (κ2) is 7.03. The maximum Gasteiger partial charge on any atom is 0.277 e. The minimum absolute atomic E-state index is 0.0542. The summed E-state index contributed by atoms with van der Waals surface area (Å²) < 4.78 is 0. The fourth-order valence-corrected chi connectivity index (χ4v) is 3.41. The molecule has 0 spiro atoms. The molecule has 2 heterocycles. The third-order valence-electron chi connectivity index (χ3n) is 4.70. The van der Waals surface area contributed by atoms with Crippen LogP contribution >= 0.6 is 0 Å². The molecule has 1 atom stereocenters. The predicted octanol–water partition coefficient (Wildman–Crippen LogP) is 3.93. The van der Waals surface area contributed by atoms with E-state index in [9.17, 15) is 9.59 Å². The zero-order valence-electron chi connectivity index (χ0n) is 14.9. The van der Waals surface area contributed by atoms with Gasteiger partial charge in [-0.2, -0.15) is 0 Å². The molecule has 27 heavy (non-hydrogen) atoms. The molecule has 2 amide bonds. The number of hydrogen-bond acceptors (Lipinski definition) is 3. The van der Waals surface area contributed by atoms with Gasteiger partial charge in [0.1, 0.15) is 5.69 Å². The molecule has 1 unspecified atom stereocenters. The lowest BCUT2D eigenvalue weighted by molar-refractivity contribution is 0.0976. The topological polar surface area (TPSA) is 62.3 Å². The van der Waals surface area contributed by atoms with Crippen molar-refractivity contribution in [1.29, 1.82) is 0 Å². The number of amides is 2. The molecule has 3 aromatic rings. The van der Waals surface area contributed by atoms with Crippen molar-refractivity contribution >= 4 is 23.2 Å². The van der Waals surface area contributed by atoms with Gasteiger partial charge in [0.25, 0.3) is 11.8 Å². The summed E-state index contributed by atoms with van der Waals surface area (Å²) in [5, 5.41) is 2.83. The van der Waals surface area contributed by atoms with Gasteiger partial charge in [0, 0.05) is 29.2 Å². The smallest absolute Gasteiger partial charge is 0.277 e. The van der Waals surface area contributed by atoms with Gasteiger partial charge in [-0.3, -0.25) is 14.6 Å². The lowest BCUT2D eigenvalue weighted by atomic mass is 10.1. The van der Waals surface area contributed by atoms with E-state index in [0.29, 0.717) is 11.3 Å². The van der Waals surface area contributed by atoms with E-state index in [1.165, 1.54) is 6.20 Å². The molecule has 0 radical (unpaired) electrons. The Morgan fingerprint density at radius 3 is 2.59 bits per heavy atom. The maximum absolute atomic E-state index is 13.1. The van der Waals surface area contributed by atoms with Crippen LogP contribution in [0.5, 0.6) is 0 Å². The van der Waals surface area contributed by atoms with E-state index in [2.05, 4.69) is 10.3 Å². The first-order valence-electron chi connectivity index (χ1n) is 8.87. The Morgan fingerprint density at radius 2 is 1.78 bits per heavy atom. The number of rotatable bonds is 3. The number of anilines is 2. The van der Waals surface area contributed by atoms with Crippen LogP contribution in [0.25, 0.3) is 0 Å².